The highest BCUT2D eigenvalue weighted by Gasteiger charge is 2.26. The van der Waals surface area contributed by atoms with Gasteiger partial charge in [-0.3, -0.25) is 14.4 Å². The van der Waals surface area contributed by atoms with Crippen LogP contribution in [-0.4, -0.2) is 37.4 Å². The van der Waals surface area contributed by atoms with Crippen molar-refractivity contribution < 1.29 is 28.2 Å². The minimum Gasteiger partial charge on any atom is -0.482 e. The molecular formula is C26H23FN2O5. The second-order valence-electron chi connectivity index (χ2n) is 7.68. The van der Waals surface area contributed by atoms with Gasteiger partial charge in [0.05, 0.1) is 5.69 Å². The Labute approximate surface area is 196 Å². The molecule has 0 bridgehead atoms. The largest absolute Gasteiger partial charge is 0.482 e. The maximum atomic E-state index is 13.7. The minimum atomic E-state index is -0.554. The van der Waals surface area contributed by atoms with Crippen LogP contribution in [0.2, 0.25) is 0 Å². The molecule has 0 fully saturated rings. The molecule has 0 spiro atoms. The molecule has 1 heterocycles. The number of hydrogen-bond donors (Lipinski definition) is 1. The van der Waals surface area contributed by atoms with Crippen LogP contribution in [-0.2, 0) is 9.59 Å². The topological polar surface area (TPSA) is 84.9 Å². The number of hydrogen-bond acceptors (Lipinski definition) is 5. The van der Waals surface area contributed by atoms with Gasteiger partial charge < -0.3 is 19.7 Å². The lowest BCUT2D eigenvalue weighted by molar-refractivity contribution is -0.121. The van der Waals surface area contributed by atoms with Gasteiger partial charge in [0.15, 0.2) is 30.6 Å². The van der Waals surface area contributed by atoms with Crippen LogP contribution in [0.5, 0.6) is 11.5 Å². The van der Waals surface area contributed by atoms with E-state index in [1.54, 1.807) is 36.4 Å². The summed E-state index contributed by atoms with van der Waals surface area (Å²) >= 11 is 0. The molecular weight excluding hydrogens is 439 g/mol. The molecule has 3 aromatic rings. The summed E-state index contributed by atoms with van der Waals surface area (Å²) in [5.74, 6) is -0.874. The Morgan fingerprint density at radius 2 is 1.79 bits per heavy atom. The number of rotatable bonds is 9. The number of nitrogens with one attached hydrogen (secondary N) is 1. The van der Waals surface area contributed by atoms with Gasteiger partial charge in [0.25, 0.3) is 5.91 Å². The SMILES string of the molecule is O=C(CCCN1C(=O)COc2ccc(C(=O)COc3ccccc3F)cc21)Nc1ccccc1. The first-order valence-corrected chi connectivity index (χ1v) is 10.8. The van der Waals surface area contributed by atoms with Crippen LogP contribution in [0.4, 0.5) is 15.8 Å². The van der Waals surface area contributed by atoms with Crippen molar-refractivity contribution in [2.75, 3.05) is 30.0 Å². The lowest BCUT2D eigenvalue weighted by atomic mass is 10.1. The molecule has 7 nitrogen and oxygen atoms in total. The highest BCUT2D eigenvalue weighted by atomic mass is 19.1. The van der Waals surface area contributed by atoms with Crippen molar-refractivity contribution in [1.82, 2.24) is 0 Å². The summed E-state index contributed by atoms with van der Waals surface area (Å²) in [5.41, 5.74) is 1.47. The van der Waals surface area contributed by atoms with E-state index < -0.39 is 5.82 Å². The lowest BCUT2D eigenvalue weighted by Gasteiger charge is -2.29. The fourth-order valence-corrected chi connectivity index (χ4v) is 3.55. The maximum absolute atomic E-state index is 13.7. The van der Waals surface area contributed by atoms with E-state index in [1.165, 1.54) is 23.1 Å². The second-order valence-corrected chi connectivity index (χ2v) is 7.68. The number of benzene rings is 3. The van der Waals surface area contributed by atoms with Crippen LogP contribution < -0.4 is 19.7 Å². The van der Waals surface area contributed by atoms with Gasteiger partial charge in [-0.15, -0.1) is 0 Å². The Balaban J connectivity index is 1.39. The van der Waals surface area contributed by atoms with Crippen molar-refractivity contribution in [3.05, 3.63) is 84.2 Å². The van der Waals surface area contributed by atoms with Crippen LogP contribution >= 0.6 is 0 Å². The third-order valence-electron chi connectivity index (χ3n) is 5.26. The molecule has 1 N–H and O–H groups in total. The molecule has 0 unspecified atom stereocenters. The van der Waals surface area contributed by atoms with E-state index in [0.29, 0.717) is 35.7 Å². The zero-order valence-corrected chi connectivity index (χ0v) is 18.3. The van der Waals surface area contributed by atoms with Gasteiger partial charge in [-0.25, -0.2) is 4.39 Å². The predicted octanol–water partition coefficient (Wildman–Crippen LogP) is 4.23. The number of ketones is 1. The minimum absolute atomic E-state index is 0.0114. The van der Waals surface area contributed by atoms with Gasteiger partial charge in [0.1, 0.15) is 5.75 Å². The Bertz CT molecular complexity index is 1200. The van der Waals surface area contributed by atoms with E-state index in [9.17, 15) is 18.8 Å². The number of nitrogens with zero attached hydrogens (tertiary/aromatic N) is 1. The molecule has 0 saturated heterocycles. The van der Waals surface area contributed by atoms with E-state index in [1.807, 2.05) is 18.2 Å². The summed E-state index contributed by atoms with van der Waals surface area (Å²) in [6.07, 6.45) is 0.655. The standard InChI is InChI=1S/C26H23FN2O5/c27-20-9-4-5-10-23(20)33-16-22(30)18-12-13-24-21(15-18)29(26(32)17-34-24)14-6-11-25(31)28-19-7-2-1-3-8-19/h1-5,7-10,12-13,15H,6,11,14,16-17H2,(H,28,31). The van der Waals surface area contributed by atoms with Crippen molar-refractivity contribution in [3.63, 3.8) is 0 Å². The van der Waals surface area contributed by atoms with E-state index >= 15 is 0 Å². The van der Waals surface area contributed by atoms with Crippen LogP contribution in [0.3, 0.4) is 0 Å². The lowest BCUT2D eigenvalue weighted by Crippen LogP contribution is -2.39. The zero-order valence-electron chi connectivity index (χ0n) is 18.3. The second kappa shape index (κ2) is 10.6. The first-order valence-electron chi connectivity index (χ1n) is 10.8. The average molecular weight is 462 g/mol. The average Bonchev–Trinajstić information content (AvgIpc) is 2.85. The predicted molar refractivity (Wildman–Crippen MR) is 125 cm³/mol. The molecule has 174 valence electrons. The van der Waals surface area contributed by atoms with Gasteiger partial charge >= 0.3 is 0 Å². The van der Waals surface area contributed by atoms with Crippen molar-refractivity contribution in [3.8, 4) is 11.5 Å². The van der Waals surface area contributed by atoms with Gasteiger partial charge in [-0.1, -0.05) is 30.3 Å². The normalized spacial score (nSPS) is 12.5. The molecule has 0 aromatic heterocycles. The summed E-state index contributed by atoms with van der Waals surface area (Å²) in [6, 6.07) is 19.7. The number of amides is 2. The van der Waals surface area contributed by atoms with Crippen LogP contribution in [0.15, 0.2) is 72.8 Å². The molecule has 0 saturated carbocycles. The first-order chi connectivity index (χ1) is 16.5. The highest BCUT2D eigenvalue weighted by Crippen LogP contribution is 2.33. The Morgan fingerprint density at radius 3 is 2.59 bits per heavy atom. The van der Waals surface area contributed by atoms with E-state index in [-0.39, 0.29) is 43.0 Å². The summed E-state index contributed by atoms with van der Waals surface area (Å²) in [5, 5.41) is 2.81. The number of halogens is 1. The zero-order chi connectivity index (χ0) is 23.9. The summed E-state index contributed by atoms with van der Waals surface area (Å²) in [7, 11) is 0. The van der Waals surface area contributed by atoms with Crippen molar-refractivity contribution in [2.45, 2.75) is 12.8 Å². The molecule has 8 heteroatoms. The Kier molecular flexibility index (Phi) is 7.17. The summed E-state index contributed by atoms with van der Waals surface area (Å²) in [6.45, 7) is -0.179. The van der Waals surface area contributed by atoms with Crippen molar-refractivity contribution in [2.24, 2.45) is 0 Å². The number of carbonyl (C=O) groups excluding carboxylic acids is 3. The van der Waals surface area contributed by atoms with E-state index in [4.69, 9.17) is 9.47 Å². The number of ether oxygens (including phenoxy) is 2. The van der Waals surface area contributed by atoms with Crippen LogP contribution in [0, 0.1) is 5.82 Å². The highest BCUT2D eigenvalue weighted by molar-refractivity contribution is 6.02. The fraction of sp³-hybridized carbons (Fsp3) is 0.192. The van der Waals surface area contributed by atoms with E-state index in [0.717, 1.165) is 0 Å². The first kappa shape index (κ1) is 23.0. The molecule has 34 heavy (non-hydrogen) atoms. The molecule has 1 aliphatic rings. The fourth-order valence-electron chi connectivity index (χ4n) is 3.55. The monoisotopic (exact) mass is 462 g/mol. The maximum Gasteiger partial charge on any atom is 0.265 e. The Morgan fingerprint density at radius 1 is 1.03 bits per heavy atom. The molecule has 0 aliphatic carbocycles. The quantitative estimate of drug-likeness (QED) is 0.481. The molecule has 1 aliphatic heterocycles. The molecule has 0 atom stereocenters. The number of carbonyl (C=O) groups is 3. The smallest absolute Gasteiger partial charge is 0.265 e. The van der Waals surface area contributed by atoms with Gasteiger partial charge in [0, 0.05) is 24.2 Å². The van der Waals surface area contributed by atoms with Gasteiger partial charge in [-0.2, -0.15) is 0 Å². The van der Waals surface area contributed by atoms with Gasteiger partial charge in [-0.05, 0) is 48.9 Å². The third-order valence-corrected chi connectivity index (χ3v) is 5.26. The van der Waals surface area contributed by atoms with Crippen molar-refractivity contribution in [1.29, 1.82) is 0 Å². The molecule has 4 rings (SSSR count). The molecule has 3 aromatic carbocycles. The number of para-hydroxylation sites is 2. The van der Waals surface area contributed by atoms with Crippen LogP contribution in [0.25, 0.3) is 0 Å². The number of anilines is 2. The van der Waals surface area contributed by atoms with Gasteiger partial charge in [0.2, 0.25) is 5.91 Å². The van der Waals surface area contributed by atoms with E-state index in [2.05, 4.69) is 5.32 Å². The summed E-state index contributed by atoms with van der Waals surface area (Å²) in [4.78, 5) is 38.9. The van der Waals surface area contributed by atoms with Crippen LogP contribution in [0.1, 0.15) is 23.2 Å². The summed E-state index contributed by atoms with van der Waals surface area (Å²) < 4.78 is 24.5. The van der Waals surface area contributed by atoms with Crippen molar-refractivity contribution >= 4 is 29.0 Å². The number of fused-ring (bicyclic) bond motifs is 1. The Hall–Kier alpha value is -4.20. The molecule has 0 radical (unpaired) electrons. The third kappa shape index (κ3) is 5.58. The molecule has 2 amide bonds. The number of Topliss-reactive ketones (excluding diaryl/α,β-unsaturated/α-hetero) is 1.